The van der Waals surface area contributed by atoms with Crippen molar-refractivity contribution in [3.63, 3.8) is 0 Å². The Morgan fingerprint density at radius 2 is 1.38 bits per heavy atom. The number of carbonyl (C=O) groups excluding carboxylic acids is 2. The summed E-state index contributed by atoms with van der Waals surface area (Å²) in [5, 5.41) is 0. The van der Waals surface area contributed by atoms with Crippen LogP contribution in [0.25, 0.3) is 0 Å². The van der Waals surface area contributed by atoms with Crippen molar-refractivity contribution in [2.75, 3.05) is 39.4 Å². The second-order valence-electron chi connectivity index (χ2n) is 6.97. The van der Waals surface area contributed by atoms with Crippen molar-refractivity contribution in [1.29, 1.82) is 0 Å². The van der Waals surface area contributed by atoms with Crippen LogP contribution in [0.1, 0.15) is 18.9 Å². The Kier molecular flexibility index (Phi) is 7.50. The number of benzene rings is 2. The fourth-order valence-corrected chi connectivity index (χ4v) is 3.33. The fraction of sp³-hybridized carbons (Fsp3) is 0.391. The third-order valence-corrected chi connectivity index (χ3v) is 4.90. The third-order valence-electron chi connectivity index (χ3n) is 4.90. The number of amides is 2. The van der Waals surface area contributed by atoms with Crippen LogP contribution in [0, 0.1) is 0 Å². The van der Waals surface area contributed by atoms with E-state index in [9.17, 15) is 9.59 Å². The second-order valence-corrected chi connectivity index (χ2v) is 6.97. The van der Waals surface area contributed by atoms with E-state index in [1.807, 2.05) is 54.3 Å². The molecule has 1 aliphatic heterocycles. The molecule has 154 valence electrons. The Bertz CT molecular complexity index is 792. The van der Waals surface area contributed by atoms with Crippen molar-refractivity contribution in [2.24, 2.45) is 0 Å². The van der Waals surface area contributed by atoms with Crippen LogP contribution in [0.15, 0.2) is 54.6 Å². The Hall–Kier alpha value is -3.02. The Balaban J connectivity index is 1.45. The summed E-state index contributed by atoms with van der Waals surface area (Å²) >= 11 is 0. The second kappa shape index (κ2) is 10.5. The molecule has 6 heteroatoms. The fourth-order valence-electron chi connectivity index (χ4n) is 3.33. The molecule has 3 rings (SSSR count). The number of ether oxygens (including phenoxy) is 2. The summed E-state index contributed by atoms with van der Waals surface area (Å²) in [6.45, 7) is 4.94. The molecule has 0 N–H and O–H groups in total. The maximum absolute atomic E-state index is 12.6. The molecule has 0 bridgehead atoms. The van der Waals surface area contributed by atoms with Gasteiger partial charge in [0.15, 0.2) is 6.61 Å². The molecule has 0 saturated carbocycles. The van der Waals surface area contributed by atoms with Gasteiger partial charge in [-0.2, -0.15) is 0 Å². The van der Waals surface area contributed by atoms with E-state index in [-0.39, 0.29) is 18.4 Å². The zero-order valence-electron chi connectivity index (χ0n) is 16.9. The van der Waals surface area contributed by atoms with Crippen molar-refractivity contribution in [3.05, 3.63) is 60.2 Å². The highest BCUT2D eigenvalue weighted by Gasteiger charge is 2.22. The summed E-state index contributed by atoms with van der Waals surface area (Å²) in [6.07, 6.45) is 1.17. The number of rotatable bonds is 7. The summed E-state index contributed by atoms with van der Waals surface area (Å²) < 4.78 is 11.0. The lowest BCUT2D eigenvalue weighted by Gasteiger charge is -2.22. The van der Waals surface area contributed by atoms with E-state index in [4.69, 9.17) is 9.47 Å². The van der Waals surface area contributed by atoms with Crippen LogP contribution in [0.2, 0.25) is 0 Å². The largest absolute Gasteiger partial charge is 0.494 e. The van der Waals surface area contributed by atoms with Crippen molar-refractivity contribution >= 4 is 11.8 Å². The van der Waals surface area contributed by atoms with Crippen LogP contribution >= 0.6 is 0 Å². The van der Waals surface area contributed by atoms with Gasteiger partial charge in [0.1, 0.15) is 11.5 Å². The molecular formula is C23H28N2O4. The van der Waals surface area contributed by atoms with E-state index < -0.39 is 0 Å². The quantitative estimate of drug-likeness (QED) is 0.722. The van der Waals surface area contributed by atoms with E-state index >= 15 is 0 Å². The van der Waals surface area contributed by atoms with Crippen LogP contribution in [-0.2, 0) is 16.0 Å². The van der Waals surface area contributed by atoms with Gasteiger partial charge in [-0.3, -0.25) is 9.59 Å². The highest BCUT2D eigenvalue weighted by molar-refractivity contribution is 5.80. The first-order valence-corrected chi connectivity index (χ1v) is 10.1. The zero-order valence-corrected chi connectivity index (χ0v) is 16.9. The molecule has 0 aliphatic carbocycles. The lowest BCUT2D eigenvalue weighted by molar-refractivity contribution is -0.134. The molecule has 2 amide bonds. The predicted octanol–water partition coefficient (Wildman–Crippen LogP) is 2.77. The van der Waals surface area contributed by atoms with Gasteiger partial charge >= 0.3 is 0 Å². The van der Waals surface area contributed by atoms with Gasteiger partial charge in [-0.1, -0.05) is 30.3 Å². The van der Waals surface area contributed by atoms with Crippen molar-refractivity contribution < 1.29 is 19.1 Å². The van der Waals surface area contributed by atoms with Crippen molar-refractivity contribution in [2.45, 2.75) is 19.8 Å². The molecule has 0 spiro atoms. The van der Waals surface area contributed by atoms with E-state index in [0.29, 0.717) is 45.0 Å². The molecule has 0 atom stereocenters. The van der Waals surface area contributed by atoms with Gasteiger partial charge in [-0.15, -0.1) is 0 Å². The normalized spacial score (nSPS) is 14.2. The Morgan fingerprint density at radius 3 is 2.00 bits per heavy atom. The molecule has 0 radical (unpaired) electrons. The van der Waals surface area contributed by atoms with Gasteiger partial charge in [-0.05, 0) is 43.2 Å². The first-order chi connectivity index (χ1) is 14.2. The summed E-state index contributed by atoms with van der Waals surface area (Å²) in [7, 11) is 0. The van der Waals surface area contributed by atoms with Crippen LogP contribution in [0.4, 0.5) is 0 Å². The minimum absolute atomic E-state index is 0.00799. The average Bonchev–Trinajstić information content (AvgIpc) is 3.00. The molecular weight excluding hydrogens is 368 g/mol. The Morgan fingerprint density at radius 1 is 0.793 bits per heavy atom. The monoisotopic (exact) mass is 396 g/mol. The van der Waals surface area contributed by atoms with Crippen LogP contribution in [0.5, 0.6) is 11.5 Å². The molecule has 0 aromatic heterocycles. The molecule has 0 unspecified atom stereocenters. The summed E-state index contributed by atoms with van der Waals surface area (Å²) in [4.78, 5) is 28.7. The molecule has 2 aromatic carbocycles. The van der Waals surface area contributed by atoms with E-state index in [2.05, 4.69) is 0 Å². The topological polar surface area (TPSA) is 59.1 Å². The van der Waals surface area contributed by atoms with Gasteiger partial charge < -0.3 is 19.3 Å². The highest BCUT2D eigenvalue weighted by atomic mass is 16.5. The Labute approximate surface area is 172 Å². The SMILES string of the molecule is CCOc1ccc(OCC(=O)N2CCCN(C(=O)Cc3ccccc3)CC2)cc1. The molecule has 2 aromatic rings. The van der Waals surface area contributed by atoms with Crippen LogP contribution < -0.4 is 9.47 Å². The molecule has 6 nitrogen and oxygen atoms in total. The maximum Gasteiger partial charge on any atom is 0.260 e. The molecule has 1 aliphatic rings. The third kappa shape index (κ3) is 6.24. The number of nitrogens with zero attached hydrogens (tertiary/aromatic N) is 2. The van der Waals surface area contributed by atoms with E-state index in [0.717, 1.165) is 17.7 Å². The maximum atomic E-state index is 12.6. The summed E-state index contributed by atoms with van der Waals surface area (Å²) in [6, 6.07) is 17.0. The number of hydrogen-bond donors (Lipinski definition) is 0. The van der Waals surface area contributed by atoms with E-state index in [1.54, 1.807) is 17.0 Å². The van der Waals surface area contributed by atoms with Gasteiger partial charge in [0.25, 0.3) is 5.91 Å². The van der Waals surface area contributed by atoms with Crippen LogP contribution in [0.3, 0.4) is 0 Å². The summed E-state index contributed by atoms with van der Waals surface area (Å²) in [5.74, 6) is 1.46. The average molecular weight is 396 g/mol. The number of carbonyl (C=O) groups is 2. The zero-order chi connectivity index (χ0) is 20.5. The van der Waals surface area contributed by atoms with Crippen molar-refractivity contribution in [3.8, 4) is 11.5 Å². The first kappa shape index (κ1) is 20.7. The summed E-state index contributed by atoms with van der Waals surface area (Å²) in [5.41, 5.74) is 1.01. The minimum Gasteiger partial charge on any atom is -0.494 e. The van der Waals surface area contributed by atoms with Gasteiger partial charge in [-0.25, -0.2) is 0 Å². The highest BCUT2D eigenvalue weighted by Crippen LogP contribution is 2.17. The predicted molar refractivity (Wildman–Crippen MR) is 111 cm³/mol. The van der Waals surface area contributed by atoms with Crippen LogP contribution in [-0.4, -0.2) is 61.0 Å². The van der Waals surface area contributed by atoms with Gasteiger partial charge in [0.05, 0.1) is 13.0 Å². The van der Waals surface area contributed by atoms with Gasteiger partial charge in [0.2, 0.25) is 5.91 Å². The minimum atomic E-state index is -0.0590. The molecule has 29 heavy (non-hydrogen) atoms. The molecule has 1 fully saturated rings. The lowest BCUT2D eigenvalue weighted by atomic mass is 10.1. The molecule has 1 saturated heterocycles. The number of hydrogen-bond acceptors (Lipinski definition) is 4. The first-order valence-electron chi connectivity index (χ1n) is 10.1. The van der Waals surface area contributed by atoms with Crippen molar-refractivity contribution in [1.82, 2.24) is 9.80 Å². The standard InChI is InChI=1S/C23H28N2O4/c1-2-28-20-9-11-21(12-10-20)29-18-23(27)25-14-6-13-24(15-16-25)22(26)17-19-7-4-3-5-8-19/h3-5,7-12H,2,6,13-18H2,1H3. The van der Waals surface area contributed by atoms with Gasteiger partial charge in [0, 0.05) is 26.2 Å². The van der Waals surface area contributed by atoms with E-state index in [1.165, 1.54) is 0 Å². The smallest absolute Gasteiger partial charge is 0.260 e. The lowest BCUT2D eigenvalue weighted by Crippen LogP contribution is -2.39. The molecule has 1 heterocycles.